The average molecular weight is 268 g/mol. The summed E-state index contributed by atoms with van der Waals surface area (Å²) in [5, 5.41) is 27.9. The maximum absolute atomic E-state index is 12.0. The van der Waals surface area contributed by atoms with Crippen molar-refractivity contribution in [3.05, 3.63) is 23.3 Å². The van der Waals surface area contributed by atoms with Gasteiger partial charge >= 0.3 is 5.97 Å². The molecule has 104 valence electrons. The quantitative estimate of drug-likeness (QED) is 0.687. The van der Waals surface area contributed by atoms with Gasteiger partial charge < -0.3 is 20.1 Å². The number of carboxylic acids is 1. The van der Waals surface area contributed by atoms with Crippen molar-refractivity contribution in [2.24, 2.45) is 5.92 Å². The number of carbonyl (C=O) groups excluding carboxylic acids is 1. The number of ether oxygens (including phenoxy) is 1. The molecule has 0 radical (unpaired) electrons. The van der Waals surface area contributed by atoms with Crippen molar-refractivity contribution in [2.45, 2.75) is 20.0 Å². The van der Waals surface area contributed by atoms with Crippen LogP contribution in [-0.4, -0.2) is 40.3 Å². The van der Waals surface area contributed by atoms with E-state index in [1.54, 1.807) is 6.92 Å². The molecular formula is C13H16O6. The summed E-state index contributed by atoms with van der Waals surface area (Å²) in [6, 6.07) is 2.84. The number of aliphatic hydroxyl groups is 1. The van der Waals surface area contributed by atoms with Crippen LogP contribution in [0.25, 0.3) is 0 Å². The van der Waals surface area contributed by atoms with E-state index >= 15 is 0 Å². The largest absolute Gasteiger partial charge is 0.507 e. The summed E-state index contributed by atoms with van der Waals surface area (Å²) in [5.74, 6) is -3.13. The smallest absolute Gasteiger partial charge is 0.333 e. The number of ketones is 1. The maximum atomic E-state index is 12.0. The Morgan fingerprint density at radius 3 is 2.37 bits per heavy atom. The molecule has 0 fully saturated rings. The lowest BCUT2D eigenvalue weighted by molar-refractivity contribution is -0.148. The van der Waals surface area contributed by atoms with Gasteiger partial charge in [0.1, 0.15) is 11.5 Å². The fraction of sp³-hybridized carbons (Fsp3) is 0.385. The van der Waals surface area contributed by atoms with Gasteiger partial charge in [0, 0.05) is 5.56 Å². The fourth-order valence-corrected chi connectivity index (χ4v) is 1.70. The highest BCUT2D eigenvalue weighted by atomic mass is 16.5. The van der Waals surface area contributed by atoms with Crippen molar-refractivity contribution in [3.8, 4) is 11.5 Å². The number of methoxy groups -OCH3 is 1. The number of carbonyl (C=O) groups is 2. The normalized spacial score (nSPS) is 13.7. The van der Waals surface area contributed by atoms with Crippen molar-refractivity contribution in [3.63, 3.8) is 0 Å². The van der Waals surface area contributed by atoms with Gasteiger partial charge in [-0.3, -0.25) is 4.79 Å². The number of carboxylic acid groups (broad SMARTS) is 1. The van der Waals surface area contributed by atoms with Crippen LogP contribution in [0.4, 0.5) is 0 Å². The van der Waals surface area contributed by atoms with E-state index in [0.717, 1.165) is 0 Å². The predicted molar refractivity (Wildman–Crippen MR) is 66.5 cm³/mol. The van der Waals surface area contributed by atoms with Crippen molar-refractivity contribution < 1.29 is 29.6 Å². The summed E-state index contributed by atoms with van der Waals surface area (Å²) in [7, 11) is 1.43. The molecule has 0 saturated carbocycles. The molecule has 0 heterocycles. The van der Waals surface area contributed by atoms with Crippen LogP contribution in [0.5, 0.6) is 11.5 Å². The number of phenols is 1. The zero-order chi connectivity index (χ0) is 14.7. The minimum atomic E-state index is -1.81. The molecule has 0 amide bonds. The van der Waals surface area contributed by atoms with Gasteiger partial charge in [-0.05, 0) is 19.1 Å². The number of aliphatic hydroxyl groups excluding tert-OH is 1. The van der Waals surface area contributed by atoms with E-state index in [2.05, 4.69) is 0 Å². The number of Topliss-reactive ketones (excluding diaryl/α,β-unsaturated/α-hetero) is 1. The summed E-state index contributed by atoms with van der Waals surface area (Å²) in [6.45, 7) is 2.86. The zero-order valence-electron chi connectivity index (χ0n) is 10.9. The van der Waals surface area contributed by atoms with Crippen molar-refractivity contribution in [1.29, 1.82) is 0 Å². The van der Waals surface area contributed by atoms with Gasteiger partial charge in [-0.1, -0.05) is 6.92 Å². The average Bonchev–Trinajstić information content (AvgIpc) is 2.39. The van der Waals surface area contributed by atoms with Gasteiger partial charge in [0.15, 0.2) is 11.9 Å². The molecule has 1 aromatic carbocycles. The first-order chi connectivity index (χ1) is 8.81. The number of aromatic hydroxyl groups is 1. The molecule has 0 bridgehead atoms. The Bertz CT molecular complexity index is 508. The van der Waals surface area contributed by atoms with Gasteiger partial charge in [-0.2, -0.15) is 0 Å². The summed E-state index contributed by atoms with van der Waals surface area (Å²) < 4.78 is 4.99. The topological polar surface area (TPSA) is 104 Å². The highest BCUT2D eigenvalue weighted by Gasteiger charge is 2.30. The monoisotopic (exact) mass is 268 g/mol. The van der Waals surface area contributed by atoms with Crippen LogP contribution >= 0.6 is 0 Å². The van der Waals surface area contributed by atoms with Crippen LogP contribution in [0.15, 0.2) is 12.1 Å². The molecule has 6 nitrogen and oxygen atoms in total. The summed E-state index contributed by atoms with van der Waals surface area (Å²) in [6.07, 6.45) is -1.81. The van der Waals surface area contributed by atoms with Crippen LogP contribution < -0.4 is 4.74 Å². The van der Waals surface area contributed by atoms with Crippen LogP contribution in [0.1, 0.15) is 22.8 Å². The third-order valence-corrected chi connectivity index (χ3v) is 3.01. The number of benzene rings is 1. The molecule has 0 aromatic heterocycles. The van der Waals surface area contributed by atoms with Crippen LogP contribution in [0.2, 0.25) is 0 Å². The number of hydrogen-bond donors (Lipinski definition) is 3. The molecule has 0 unspecified atom stereocenters. The van der Waals surface area contributed by atoms with Gasteiger partial charge in [0.2, 0.25) is 0 Å². The molecule has 1 rings (SSSR count). The Hall–Kier alpha value is -2.08. The molecule has 3 N–H and O–H groups in total. The zero-order valence-corrected chi connectivity index (χ0v) is 10.9. The number of aliphatic carboxylic acids is 1. The standard InChI is InChI=1S/C13H16O6/c1-6-9(19-3)5-4-8(10(6)14)11(15)7(2)12(16)13(17)18/h4-5,7,12,14,16H,1-3H3,(H,17,18)/t7-,12-/m0/s1. The van der Waals surface area contributed by atoms with E-state index in [-0.39, 0.29) is 11.3 Å². The maximum Gasteiger partial charge on any atom is 0.333 e. The highest BCUT2D eigenvalue weighted by molar-refractivity contribution is 6.02. The Morgan fingerprint density at radius 1 is 1.32 bits per heavy atom. The molecular weight excluding hydrogens is 252 g/mol. The van der Waals surface area contributed by atoms with Crippen molar-refractivity contribution in [1.82, 2.24) is 0 Å². The minimum absolute atomic E-state index is 0.0360. The van der Waals surface area contributed by atoms with Gasteiger partial charge in [-0.25, -0.2) is 4.79 Å². The van der Waals surface area contributed by atoms with Crippen LogP contribution in [-0.2, 0) is 4.79 Å². The fourth-order valence-electron chi connectivity index (χ4n) is 1.70. The lowest BCUT2D eigenvalue weighted by Crippen LogP contribution is -2.32. The first kappa shape index (κ1) is 15.0. The molecule has 6 heteroatoms. The molecule has 0 aliphatic rings. The second-order valence-electron chi connectivity index (χ2n) is 4.22. The van der Waals surface area contributed by atoms with Crippen LogP contribution in [0.3, 0.4) is 0 Å². The predicted octanol–water partition coefficient (Wildman–Crippen LogP) is 0.974. The van der Waals surface area contributed by atoms with Crippen LogP contribution in [0, 0.1) is 12.8 Å². The third kappa shape index (κ3) is 2.85. The number of rotatable bonds is 5. The van der Waals surface area contributed by atoms with E-state index in [1.165, 1.54) is 26.2 Å². The summed E-state index contributed by atoms with van der Waals surface area (Å²) in [4.78, 5) is 22.7. The Kier molecular flexibility index (Phi) is 4.50. The molecule has 0 aliphatic carbocycles. The number of phenolic OH excluding ortho intramolecular Hbond substituents is 1. The van der Waals surface area contributed by atoms with E-state index in [4.69, 9.17) is 9.84 Å². The third-order valence-electron chi connectivity index (χ3n) is 3.01. The lowest BCUT2D eigenvalue weighted by atomic mass is 9.92. The van der Waals surface area contributed by atoms with E-state index in [0.29, 0.717) is 11.3 Å². The molecule has 0 spiro atoms. The first-order valence-corrected chi connectivity index (χ1v) is 5.62. The second-order valence-corrected chi connectivity index (χ2v) is 4.22. The van der Waals surface area contributed by atoms with E-state index in [1.807, 2.05) is 0 Å². The van der Waals surface area contributed by atoms with Gasteiger partial charge in [-0.15, -0.1) is 0 Å². The number of hydrogen-bond acceptors (Lipinski definition) is 5. The Morgan fingerprint density at radius 2 is 1.89 bits per heavy atom. The van der Waals surface area contributed by atoms with Crippen molar-refractivity contribution >= 4 is 11.8 Å². The molecule has 0 aliphatic heterocycles. The molecule has 0 saturated heterocycles. The van der Waals surface area contributed by atoms with Gasteiger partial charge in [0.25, 0.3) is 0 Å². The van der Waals surface area contributed by atoms with E-state index in [9.17, 15) is 19.8 Å². The SMILES string of the molecule is COc1ccc(C(=O)[C@H](C)[C@H](O)C(=O)O)c(O)c1C. The second kappa shape index (κ2) is 5.71. The Labute approximate surface area is 110 Å². The minimum Gasteiger partial charge on any atom is -0.507 e. The Balaban J connectivity index is 3.14. The van der Waals surface area contributed by atoms with Crippen molar-refractivity contribution in [2.75, 3.05) is 7.11 Å². The summed E-state index contributed by atoms with van der Waals surface area (Å²) >= 11 is 0. The van der Waals surface area contributed by atoms with Gasteiger partial charge in [0.05, 0.1) is 18.6 Å². The molecule has 2 atom stereocenters. The molecule has 1 aromatic rings. The first-order valence-electron chi connectivity index (χ1n) is 5.62. The van der Waals surface area contributed by atoms with E-state index < -0.39 is 23.8 Å². The molecule has 19 heavy (non-hydrogen) atoms. The lowest BCUT2D eigenvalue weighted by Gasteiger charge is -2.16. The summed E-state index contributed by atoms with van der Waals surface area (Å²) in [5.41, 5.74) is 0.344. The highest BCUT2D eigenvalue weighted by Crippen LogP contribution is 2.32.